The van der Waals surface area contributed by atoms with Gasteiger partial charge in [0.15, 0.2) is 5.69 Å². The van der Waals surface area contributed by atoms with Crippen LogP contribution < -0.4 is 11.0 Å². The van der Waals surface area contributed by atoms with Crippen LogP contribution in [0.15, 0.2) is 16.9 Å². The molecule has 0 bridgehead atoms. The van der Waals surface area contributed by atoms with Crippen molar-refractivity contribution in [3.05, 3.63) is 28.2 Å². The van der Waals surface area contributed by atoms with Crippen LogP contribution in [0, 0.1) is 0 Å². The fourth-order valence-corrected chi connectivity index (χ4v) is 0.813. The molecule has 6 nitrogen and oxygen atoms in total. The number of carbonyl (C=O) groups excluding carboxylic acids is 1. The summed E-state index contributed by atoms with van der Waals surface area (Å²) >= 11 is 0. The Kier molecular flexibility index (Phi) is 3.35. The van der Waals surface area contributed by atoms with Gasteiger partial charge in [0.05, 0.1) is 6.61 Å². The third-order valence-corrected chi connectivity index (χ3v) is 1.50. The van der Waals surface area contributed by atoms with Crippen molar-refractivity contribution >= 4 is 5.91 Å². The van der Waals surface area contributed by atoms with Crippen molar-refractivity contribution in [1.29, 1.82) is 0 Å². The van der Waals surface area contributed by atoms with Crippen molar-refractivity contribution in [2.75, 3.05) is 6.61 Å². The number of aromatic nitrogens is 2. The van der Waals surface area contributed by atoms with E-state index in [4.69, 9.17) is 4.84 Å². The first-order chi connectivity index (χ1) is 6.65. The lowest BCUT2D eigenvalue weighted by Gasteiger charge is -2.03. The van der Waals surface area contributed by atoms with Crippen molar-refractivity contribution in [2.24, 2.45) is 7.05 Å². The summed E-state index contributed by atoms with van der Waals surface area (Å²) in [5, 5.41) is 3.74. The Labute approximate surface area is 80.4 Å². The van der Waals surface area contributed by atoms with E-state index in [1.54, 1.807) is 6.92 Å². The molecule has 0 spiro atoms. The van der Waals surface area contributed by atoms with E-state index < -0.39 is 5.91 Å². The molecule has 6 heteroatoms. The van der Waals surface area contributed by atoms with Crippen molar-refractivity contribution in [1.82, 2.24) is 15.3 Å². The van der Waals surface area contributed by atoms with E-state index in [0.717, 1.165) is 4.68 Å². The normalized spacial score (nSPS) is 9.86. The summed E-state index contributed by atoms with van der Waals surface area (Å²) in [5.41, 5.74) is 2.05. The number of rotatable bonds is 3. The molecule has 14 heavy (non-hydrogen) atoms. The maximum absolute atomic E-state index is 11.3. The first-order valence-corrected chi connectivity index (χ1v) is 4.11. The molecule has 0 aliphatic heterocycles. The van der Waals surface area contributed by atoms with Crippen LogP contribution >= 0.6 is 0 Å². The van der Waals surface area contributed by atoms with Gasteiger partial charge < -0.3 is 0 Å². The number of carbonyl (C=O) groups is 1. The van der Waals surface area contributed by atoms with Gasteiger partial charge in [0, 0.05) is 13.1 Å². The minimum Gasteiger partial charge on any atom is -0.274 e. The van der Waals surface area contributed by atoms with Gasteiger partial charge in [-0.3, -0.25) is 14.4 Å². The van der Waals surface area contributed by atoms with E-state index in [0.29, 0.717) is 6.61 Å². The molecule has 0 aliphatic rings. The molecular weight excluding hydrogens is 186 g/mol. The van der Waals surface area contributed by atoms with E-state index in [9.17, 15) is 9.59 Å². The number of nitrogens with zero attached hydrogens (tertiary/aromatic N) is 2. The predicted molar refractivity (Wildman–Crippen MR) is 48.6 cm³/mol. The molecule has 1 aromatic rings. The smallest absolute Gasteiger partial charge is 0.274 e. The zero-order valence-electron chi connectivity index (χ0n) is 7.98. The molecule has 0 fully saturated rings. The topological polar surface area (TPSA) is 73.2 Å². The van der Waals surface area contributed by atoms with Crippen LogP contribution in [0.1, 0.15) is 17.4 Å². The molecule has 1 heterocycles. The fraction of sp³-hybridized carbons (Fsp3) is 0.375. The Bertz CT molecular complexity index is 386. The van der Waals surface area contributed by atoms with E-state index in [-0.39, 0.29) is 11.3 Å². The van der Waals surface area contributed by atoms with Gasteiger partial charge in [0.1, 0.15) is 0 Å². The van der Waals surface area contributed by atoms with Crippen LogP contribution in [0.25, 0.3) is 0 Å². The largest absolute Gasteiger partial charge is 0.295 e. The number of aryl methyl sites for hydroxylation is 1. The summed E-state index contributed by atoms with van der Waals surface area (Å²) in [6.45, 7) is 2.12. The molecule has 0 aliphatic carbocycles. The van der Waals surface area contributed by atoms with Gasteiger partial charge >= 0.3 is 0 Å². The minimum absolute atomic E-state index is 0.139. The van der Waals surface area contributed by atoms with Crippen LogP contribution in [0.5, 0.6) is 0 Å². The summed E-state index contributed by atoms with van der Waals surface area (Å²) in [5.74, 6) is -0.470. The monoisotopic (exact) mass is 197 g/mol. The summed E-state index contributed by atoms with van der Waals surface area (Å²) in [6.07, 6.45) is 0. The first kappa shape index (κ1) is 10.4. The molecule has 1 amide bonds. The number of hydrogen-bond donors (Lipinski definition) is 1. The first-order valence-electron chi connectivity index (χ1n) is 4.11. The van der Waals surface area contributed by atoms with Crippen LogP contribution in [0.4, 0.5) is 0 Å². The zero-order chi connectivity index (χ0) is 10.6. The maximum Gasteiger partial charge on any atom is 0.295 e. The van der Waals surface area contributed by atoms with Crippen LogP contribution in [-0.2, 0) is 11.9 Å². The van der Waals surface area contributed by atoms with Crippen molar-refractivity contribution < 1.29 is 9.63 Å². The number of amides is 1. The van der Waals surface area contributed by atoms with Crippen LogP contribution in [0.3, 0.4) is 0 Å². The third-order valence-electron chi connectivity index (χ3n) is 1.50. The number of nitrogens with one attached hydrogen (secondary N) is 1. The quantitative estimate of drug-likeness (QED) is 0.660. The Morgan fingerprint density at radius 3 is 2.93 bits per heavy atom. The second-order valence-electron chi connectivity index (χ2n) is 2.54. The Hall–Kier alpha value is -1.69. The number of hydroxylamine groups is 1. The van der Waals surface area contributed by atoms with E-state index in [1.165, 1.54) is 19.2 Å². The van der Waals surface area contributed by atoms with E-state index in [2.05, 4.69) is 10.6 Å². The summed E-state index contributed by atoms with van der Waals surface area (Å²) < 4.78 is 1.08. The zero-order valence-corrected chi connectivity index (χ0v) is 7.98. The third kappa shape index (κ3) is 2.40. The SMILES string of the molecule is CCONC(=O)c1ccc(=O)n(C)n1. The van der Waals surface area contributed by atoms with E-state index >= 15 is 0 Å². The Morgan fingerprint density at radius 2 is 2.36 bits per heavy atom. The highest BCUT2D eigenvalue weighted by Crippen LogP contribution is 1.89. The average molecular weight is 197 g/mol. The Balaban J connectivity index is 2.81. The summed E-state index contributed by atoms with van der Waals surface area (Å²) in [7, 11) is 1.47. The molecule has 0 saturated heterocycles. The van der Waals surface area contributed by atoms with Gasteiger partial charge in [-0.05, 0) is 13.0 Å². The molecule has 0 aromatic carbocycles. The fourth-order valence-electron chi connectivity index (χ4n) is 0.813. The minimum atomic E-state index is -0.470. The van der Waals surface area contributed by atoms with Crippen molar-refractivity contribution in [3.8, 4) is 0 Å². The molecule has 1 rings (SSSR count). The molecule has 0 unspecified atom stereocenters. The lowest BCUT2D eigenvalue weighted by Crippen LogP contribution is -2.28. The average Bonchev–Trinajstić information content (AvgIpc) is 2.18. The standard InChI is InChI=1S/C8H11N3O3/c1-3-14-10-8(13)6-4-5-7(12)11(2)9-6/h4-5H,3H2,1-2H3,(H,10,13). The molecule has 1 N–H and O–H groups in total. The molecular formula is C8H11N3O3. The van der Waals surface area contributed by atoms with Crippen molar-refractivity contribution in [2.45, 2.75) is 6.92 Å². The summed E-state index contributed by atoms with van der Waals surface area (Å²) in [4.78, 5) is 26.9. The molecule has 0 radical (unpaired) electrons. The van der Waals surface area contributed by atoms with Crippen molar-refractivity contribution in [3.63, 3.8) is 0 Å². The van der Waals surface area contributed by atoms with Gasteiger partial charge in [-0.25, -0.2) is 10.2 Å². The van der Waals surface area contributed by atoms with E-state index in [1.807, 2.05) is 0 Å². The molecule has 0 atom stereocenters. The molecule has 76 valence electrons. The lowest BCUT2D eigenvalue weighted by molar-refractivity contribution is 0.0358. The lowest BCUT2D eigenvalue weighted by atomic mass is 10.4. The van der Waals surface area contributed by atoms with Gasteiger partial charge in [-0.15, -0.1) is 0 Å². The van der Waals surface area contributed by atoms with Gasteiger partial charge in [-0.2, -0.15) is 5.10 Å². The van der Waals surface area contributed by atoms with Crippen LogP contribution in [-0.4, -0.2) is 22.3 Å². The summed E-state index contributed by atoms with van der Waals surface area (Å²) in [6, 6.07) is 2.62. The Morgan fingerprint density at radius 1 is 1.64 bits per heavy atom. The highest BCUT2D eigenvalue weighted by Gasteiger charge is 2.07. The predicted octanol–water partition coefficient (Wildman–Crippen LogP) is -0.538. The van der Waals surface area contributed by atoms with Gasteiger partial charge in [-0.1, -0.05) is 0 Å². The number of hydrogen-bond acceptors (Lipinski definition) is 4. The molecule has 0 saturated carbocycles. The molecule has 1 aromatic heterocycles. The maximum atomic E-state index is 11.3. The highest BCUT2D eigenvalue weighted by atomic mass is 16.6. The second kappa shape index (κ2) is 4.52. The van der Waals surface area contributed by atoms with Gasteiger partial charge in [0.2, 0.25) is 0 Å². The second-order valence-corrected chi connectivity index (χ2v) is 2.54. The highest BCUT2D eigenvalue weighted by molar-refractivity contribution is 5.91. The van der Waals surface area contributed by atoms with Gasteiger partial charge in [0.25, 0.3) is 11.5 Å². The van der Waals surface area contributed by atoms with Crippen LogP contribution in [0.2, 0.25) is 0 Å².